The average Bonchev–Trinajstić information content (AvgIpc) is 3.30. The molecule has 0 spiro atoms. The molecule has 8 heteroatoms. The lowest BCUT2D eigenvalue weighted by Gasteiger charge is -2.20. The molecular weight excluding hydrogens is 376 g/mol. The van der Waals surface area contributed by atoms with Crippen molar-refractivity contribution in [1.82, 2.24) is 15.5 Å². The maximum atomic E-state index is 12.7. The predicted octanol–water partition coefficient (Wildman–Crippen LogP) is 2.16. The Labute approximate surface area is 168 Å². The van der Waals surface area contributed by atoms with E-state index < -0.39 is 17.5 Å². The Hall–Kier alpha value is -2.87. The predicted molar refractivity (Wildman–Crippen MR) is 109 cm³/mol. The van der Waals surface area contributed by atoms with Crippen LogP contribution in [0, 0.1) is 0 Å². The number of anilines is 1. The van der Waals surface area contributed by atoms with Gasteiger partial charge in [0.1, 0.15) is 12.1 Å². The van der Waals surface area contributed by atoms with E-state index in [0.717, 1.165) is 29.1 Å². The molecule has 0 aliphatic carbocycles. The summed E-state index contributed by atoms with van der Waals surface area (Å²) in [6.07, 6.45) is 0.754. The molecular formula is C20H24N4O3S. The Kier molecular flexibility index (Phi) is 5.99. The molecule has 1 fully saturated rings. The first-order valence-corrected chi connectivity index (χ1v) is 10.1. The lowest BCUT2D eigenvalue weighted by atomic mass is 9.95. The van der Waals surface area contributed by atoms with Gasteiger partial charge in [0.25, 0.3) is 5.91 Å². The van der Waals surface area contributed by atoms with Crippen LogP contribution in [0.25, 0.3) is 0 Å². The van der Waals surface area contributed by atoms with Crippen LogP contribution in [0.5, 0.6) is 0 Å². The molecule has 28 heavy (non-hydrogen) atoms. The number of thiophene rings is 1. The Morgan fingerprint density at radius 2 is 2.00 bits per heavy atom. The van der Waals surface area contributed by atoms with Crippen molar-refractivity contribution < 1.29 is 14.4 Å². The number of rotatable bonds is 8. The van der Waals surface area contributed by atoms with Gasteiger partial charge in [-0.05, 0) is 47.9 Å². The zero-order valence-corrected chi connectivity index (χ0v) is 16.8. The van der Waals surface area contributed by atoms with Crippen molar-refractivity contribution in [2.24, 2.45) is 0 Å². The fourth-order valence-electron chi connectivity index (χ4n) is 3.14. The number of para-hydroxylation sites is 1. The highest BCUT2D eigenvalue weighted by molar-refractivity contribution is 7.08. The standard InChI is InChI=1S/C20H24N4O3S/c1-20(15-9-12-28-14-15)18(26)24(19(27)22-20)13-17(25)21-10-6-11-23(2)16-7-4-3-5-8-16/h3-5,7-9,12,14H,6,10-11,13H2,1-2H3,(H,21,25)(H,22,27). The second-order valence-electron chi connectivity index (χ2n) is 6.92. The molecule has 1 aliphatic rings. The van der Waals surface area contributed by atoms with Crippen LogP contribution in [-0.4, -0.2) is 49.4 Å². The Morgan fingerprint density at radius 1 is 1.25 bits per heavy atom. The molecule has 148 valence electrons. The van der Waals surface area contributed by atoms with Crippen molar-refractivity contribution in [2.45, 2.75) is 18.9 Å². The van der Waals surface area contributed by atoms with Crippen molar-refractivity contribution in [3.8, 4) is 0 Å². The van der Waals surface area contributed by atoms with Gasteiger partial charge in [-0.25, -0.2) is 4.79 Å². The number of benzene rings is 1. The second kappa shape index (κ2) is 8.43. The number of hydrogen-bond acceptors (Lipinski definition) is 5. The van der Waals surface area contributed by atoms with E-state index in [-0.39, 0.29) is 12.5 Å². The highest BCUT2D eigenvalue weighted by Gasteiger charge is 2.49. The number of hydrogen-bond donors (Lipinski definition) is 2. The molecule has 1 saturated heterocycles. The minimum Gasteiger partial charge on any atom is -0.375 e. The van der Waals surface area contributed by atoms with Crippen molar-refractivity contribution in [2.75, 3.05) is 31.6 Å². The van der Waals surface area contributed by atoms with Crippen molar-refractivity contribution in [3.63, 3.8) is 0 Å². The third kappa shape index (κ3) is 4.17. The lowest BCUT2D eigenvalue weighted by molar-refractivity contribution is -0.134. The molecule has 0 radical (unpaired) electrons. The van der Waals surface area contributed by atoms with E-state index in [0.29, 0.717) is 6.54 Å². The fraction of sp³-hybridized carbons (Fsp3) is 0.350. The molecule has 4 amide bonds. The first-order valence-electron chi connectivity index (χ1n) is 9.11. The molecule has 3 rings (SSSR count). The Balaban J connectivity index is 1.46. The Morgan fingerprint density at radius 3 is 2.68 bits per heavy atom. The van der Waals surface area contributed by atoms with Gasteiger partial charge in [-0.3, -0.25) is 14.5 Å². The maximum absolute atomic E-state index is 12.7. The van der Waals surface area contributed by atoms with Crippen LogP contribution >= 0.6 is 11.3 Å². The van der Waals surface area contributed by atoms with Crippen molar-refractivity contribution in [3.05, 3.63) is 52.7 Å². The lowest BCUT2D eigenvalue weighted by Crippen LogP contribution is -2.43. The van der Waals surface area contributed by atoms with E-state index in [1.807, 2.05) is 48.1 Å². The number of amides is 4. The zero-order chi connectivity index (χ0) is 20.1. The van der Waals surface area contributed by atoms with Gasteiger partial charge in [-0.15, -0.1) is 0 Å². The summed E-state index contributed by atoms with van der Waals surface area (Å²) in [6, 6.07) is 11.2. The molecule has 2 aromatic rings. The van der Waals surface area contributed by atoms with Gasteiger partial charge in [0, 0.05) is 25.8 Å². The van der Waals surface area contributed by atoms with E-state index in [4.69, 9.17) is 0 Å². The maximum Gasteiger partial charge on any atom is 0.325 e. The third-order valence-corrected chi connectivity index (χ3v) is 5.55. The third-order valence-electron chi connectivity index (χ3n) is 4.86. The average molecular weight is 401 g/mol. The van der Waals surface area contributed by atoms with E-state index in [9.17, 15) is 14.4 Å². The number of nitrogens with one attached hydrogen (secondary N) is 2. The smallest absolute Gasteiger partial charge is 0.325 e. The van der Waals surface area contributed by atoms with Gasteiger partial charge in [-0.2, -0.15) is 11.3 Å². The number of carbonyl (C=O) groups is 3. The number of urea groups is 1. The van der Waals surface area contributed by atoms with E-state index >= 15 is 0 Å². The summed E-state index contributed by atoms with van der Waals surface area (Å²) in [4.78, 5) is 40.2. The summed E-state index contributed by atoms with van der Waals surface area (Å²) in [7, 11) is 2.00. The highest BCUT2D eigenvalue weighted by atomic mass is 32.1. The largest absolute Gasteiger partial charge is 0.375 e. The van der Waals surface area contributed by atoms with Gasteiger partial charge >= 0.3 is 6.03 Å². The first-order chi connectivity index (χ1) is 13.4. The molecule has 1 aliphatic heterocycles. The molecule has 2 N–H and O–H groups in total. The summed E-state index contributed by atoms with van der Waals surface area (Å²) in [5, 5.41) is 9.15. The normalized spacial score (nSPS) is 18.9. The zero-order valence-electron chi connectivity index (χ0n) is 16.0. The molecule has 1 aromatic heterocycles. The summed E-state index contributed by atoms with van der Waals surface area (Å²) in [5.74, 6) is -0.754. The molecule has 1 atom stereocenters. The van der Waals surface area contributed by atoms with Crippen LogP contribution in [-0.2, 0) is 15.1 Å². The SMILES string of the molecule is CN(CCCNC(=O)CN1C(=O)NC(C)(c2ccsc2)C1=O)c1ccccc1. The summed E-state index contributed by atoms with van der Waals surface area (Å²) in [5.41, 5.74) is 0.721. The summed E-state index contributed by atoms with van der Waals surface area (Å²) in [6.45, 7) is 2.64. The first kappa shape index (κ1) is 19.9. The number of imide groups is 1. The van der Waals surface area contributed by atoms with E-state index in [2.05, 4.69) is 15.5 Å². The van der Waals surface area contributed by atoms with Gasteiger partial charge in [-0.1, -0.05) is 18.2 Å². The summed E-state index contributed by atoms with van der Waals surface area (Å²) < 4.78 is 0. The van der Waals surface area contributed by atoms with Crippen LogP contribution < -0.4 is 15.5 Å². The fourth-order valence-corrected chi connectivity index (χ4v) is 3.90. The Bertz CT molecular complexity index is 840. The molecule has 0 saturated carbocycles. The highest BCUT2D eigenvalue weighted by Crippen LogP contribution is 2.29. The van der Waals surface area contributed by atoms with Gasteiger partial charge < -0.3 is 15.5 Å². The molecule has 7 nitrogen and oxygen atoms in total. The van der Waals surface area contributed by atoms with Crippen LogP contribution in [0.3, 0.4) is 0 Å². The number of carbonyl (C=O) groups excluding carboxylic acids is 3. The van der Waals surface area contributed by atoms with Gasteiger partial charge in [0.05, 0.1) is 0 Å². The minimum atomic E-state index is -1.12. The van der Waals surface area contributed by atoms with Crippen LogP contribution in [0.1, 0.15) is 18.9 Å². The van der Waals surface area contributed by atoms with E-state index in [1.165, 1.54) is 11.3 Å². The minimum absolute atomic E-state index is 0.279. The quantitative estimate of drug-likeness (QED) is 0.526. The van der Waals surface area contributed by atoms with Crippen LogP contribution in [0.15, 0.2) is 47.2 Å². The monoisotopic (exact) mass is 400 g/mol. The topological polar surface area (TPSA) is 81.8 Å². The molecule has 1 unspecified atom stereocenters. The van der Waals surface area contributed by atoms with Crippen LogP contribution in [0.4, 0.5) is 10.5 Å². The summed E-state index contributed by atoms with van der Waals surface area (Å²) >= 11 is 1.45. The van der Waals surface area contributed by atoms with Gasteiger partial charge in [0.2, 0.25) is 5.91 Å². The molecule has 2 heterocycles. The molecule has 1 aromatic carbocycles. The number of nitrogens with zero attached hydrogens (tertiary/aromatic N) is 2. The van der Waals surface area contributed by atoms with Crippen molar-refractivity contribution >= 4 is 34.9 Å². The molecule has 0 bridgehead atoms. The van der Waals surface area contributed by atoms with Crippen LogP contribution in [0.2, 0.25) is 0 Å². The van der Waals surface area contributed by atoms with Crippen molar-refractivity contribution in [1.29, 1.82) is 0 Å². The second-order valence-corrected chi connectivity index (χ2v) is 7.70. The van der Waals surface area contributed by atoms with Gasteiger partial charge in [0.15, 0.2) is 0 Å². The van der Waals surface area contributed by atoms with E-state index in [1.54, 1.807) is 13.0 Å².